The second kappa shape index (κ2) is 6.37. The predicted molar refractivity (Wildman–Crippen MR) is 88.2 cm³/mol. The molecule has 1 atom stereocenters. The first-order chi connectivity index (χ1) is 10.1. The third-order valence-electron chi connectivity index (χ3n) is 3.34. The van der Waals surface area contributed by atoms with E-state index in [0.717, 1.165) is 11.3 Å². The van der Waals surface area contributed by atoms with Gasteiger partial charge in [-0.3, -0.25) is 4.68 Å². The summed E-state index contributed by atoms with van der Waals surface area (Å²) >= 11 is 17.7. The minimum absolute atomic E-state index is 0.0111. The zero-order valence-electron chi connectivity index (χ0n) is 12.1. The summed E-state index contributed by atoms with van der Waals surface area (Å²) < 4.78 is 29.2. The van der Waals surface area contributed by atoms with Crippen molar-refractivity contribution in [2.24, 2.45) is 7.05 Å². The van der Waals surface area contributed by atoms with Gasteiger partial charge < -0.3 is 0 Å². The van der Waals surface area contributed by atoms with E-state index in [-0.39, 0.29) is 20.0 Å². The molecule has 22 heavy (non-hydrogen) atoms. The summed E-state index contributed by atoms with van der Waals surface area (Å²) in [5, 5.41) is 4.43. The van der Waals surface area contributed by atoms with Crippen molar-refractivity contribution in [1.82, 2.24) is 14.5 Å². The van der Waals surface area contributed by atoms with Crippen molar-refractivity contribution < 1.29 is 8.42 Å². The highest BCUT2D eigenvalue weighted by Gasteiger charge is 2.24. The van der Waals surface area contributed by atoms with Gasteiger partial charge >= 0.3 is 0 Å². The molecule has 1 N–H and O–H groups in total. The second-order valence-electron chi connectivity index (χ2n) is 4.85. The van der Waals surface area contributed by atoms with Crippen molar-refractivity contribution >= 4 is 44.8 Å². The van der Waals surface area contributed by atoms with Gasteiger partial charge in [0, 0.05) is 24.3 Å². The first kappa shape index (κ1) is 17.6. The molecule has 0 aliphatic carbocycles. The van der Waals surface area contributed by atoms with E-state index in [2.05, 4.69) is 9.82 Å². The fourth-order valence-corrected chi connectivity index (χ4v) is 4.24. The maximum Gasteiger partial charge on any atom is 0.242 e. The summed E-state index contributed by atoms with van der Waals surface area (Å²) in [6, 6.07) is 2.07. The minimum atomic E-state index is -3.85. The zero-order chi connectivity index (χ0) is 16.7. The molecule has 0 amide bonds. The molecule has 1 aromatic heterocycles. The van der Waals surface area contributed by atoms with Gasteiger partial charge in [-0.25, -0.2) is 13.1 Å². The largest absolute Gasteiger partial charge is 0.273 e. The molecule has 0 saturated heterocycles. The number of nitrogens with one attached hydrogen (secondary N) is 1. The molecule has 120 valence electrons. The summed E-state index contributed by atoms with van der Waals surface area (Å²) in [6.07, 6.45) is 1.62. The summed E-state index contributed by atoms with van der Waals surface area (Å²) in [6.45, 7) is 3.59. The van der Waals surface area contributed by atoms with Gasteiger partial charge in [-0.15, -0.1) is 0 Å². The number of aryl methyl sites for hydroxylation is 1. The van der Waals surface area contributed by atoms with E-state index in [4.69, 9.17) is 34.8 Å². The molecule has 5 nitrogen and oxygen atoms in total. The van der Waals surface area contributed by atoms with Gasteiger partial charge in [0.2, 0.25) is 10.0 Å². The minimum Gasteiger partial charge on any atom is -0.273 e. The third-order valence-corrected chi connectivity index (χ3v) is 6.06. The van der Waals surface area contributed by atoms with Gasteiger partial charge in [-0.1, -0.05) is 34.8 Å². The Hall–Kier alpha value is -0.790. The molecule has 1 unspecified atom stereocenters. The molecule has 0 aliphatic heterocycles. The number of rotatable bonds is 4. The Kier molecular flexibility index (Phi) is 5.09. The van der Waals surface area contributed by atoms with Crippen molar-refractivity contribution in [3.05, 3.63) is 44.7 Å². The van der Waals surface area contributed by atoms with Crippen LogP contribution < -0.4 is 4.72 Å². The third kappa shape index (κ3) is 3.41. The van der Waals surface area contributed by atoms with Crippen molar-refractivity contribution in [1.29, 1.82) is 0 Å². The molecule has 0 bridgehead atoms. The van der Waals surface area contributed by atoms with E-state index in [1.807, 2.05) is 6.92 Å². The Morgan fingerprint density at radius 3 is 2.32 bits per heavy atom. The Labute approximate surface area is 144 Å². The Morgan fingerprint density at radius 1 is 1.18 bits per heavy atom. The Morgan fingerprint density at radius 2 is 1.77 bits per heavy atom. The van der Waals surface area contributed by atoms with Crippen LogP contribution in [0, 0.1) is 6.92 Å². The molecule has 1 aromatic carbocycles. The van der Waals surface area contributed by atoms with E-state index in [0.29, 0.717) is 0 Å². The average molecular weight is 383 g/mol. The molecule has 2 rings (SSSR count). The smallest absolute Gasteiger partial charge is 0.242 e. The fourth-order valence-electron chi connectivity index (χ4n) is 2.01. The van der Waals surface area contributed by atoms with Crippen LogP contribution in [0.25, 0.3) is 0 Å². The van der Waals surface area contributed by atoms with Crippen LogP contribution in [0.2, 0.25) is 15.1 Å². The van der Waals surface area contributed by atoms with Crippen molar-refractivity contribution in [3.8, 4) is 0 Å². The molecule has 0 spiro atoms. The number of sulfonamides is 1. The molecular formula is C13H14Cl3N3O2S. The zero-order valence-corrected chi connectivity index (χ0v) is 15.1. The highest BCUT2D eigenvalue weighted by molar-refractivity contribution is 7.89. The van der Waals surface area contributed by atoms with Gasteiger partial charge in [0.1, 0.15) is 4.90 Å². The highest BCUT2D eigenvalue weighted by Crippen LogP contribution is 2.32. The second-order valence-corrected chi connectivity index (χ2v) is 7.75. The number of aromatic nitrogens is 2. The molecule has 9 heteroatoms. The van der Waals surface area contributed by atoms with Crippen LogP contribution in [0.4, 0.5) is 0 Å². The van der Waals surface area contributed by atoms with Crippen LogP contribution in [-0.2, 0) is 17.1 Å². The number of benzene rings is 1. The number of halogens is 3. The predicted octanol–water partition coefficient (Wildman–Crippen LogP) is 3.73. The number of nitrogens with zero attached hydrogens (tertiary/aromatic N) is 2. The molecule has 2 aromatic rings. The van der Waals surface area contributed by atoms with Gasteiger partial charge in [0.05, 0.1) is 21.3 Å². The van der Waals surface area contributed by atoms with E-state index in [1.165, 1.54) is 12.1 Å². The lowest BCUT2D eigenvalue weighted by Gasteiger charge is -2.15. The number of hydrogen-bond acceptors (Lipinski definition) is 3. The van der Waals surface area contributed by atoms with Gasteiger partial charge in [0.25, 0.3) is 0 Å². The van der Waals surface area contributed by atoms with E-state index < -0.39 is 16.1 Å². The van der Waals surface area contributed by atoms with E-state index >= 15 is 0 Å². The Bertz CT molecular complexity index is 818. The topological polar surface area (TPSA) is 64.0 Å². The molecular weight excluding hydrogens is 369 g/mol. The fraction of sp³-hybridized carbons (Fsp3) is 0.308. The lowest BCUT2D eigenvalue weighted by molar-refractivity contribution is 0.566. The van der Waals surface area contributed by atoms with Gasteiger partial charge in [-0.2, -0.15) is 5.10 Å². The summed E-state index contributed by atoms with van der Waals surface area (Å²) in [7, 11) is -2.06. The maximum atomic E-state index is 12.5. The van der Waals surface area contributed by atoms with E-state index in [1.54, 1.807) is 24.9 Å². The molecule has 0 saturated carbocycles. The quantitative estimate of drug-likeness (QED) is 0.820. The summed E-state index contributed by atoms with van der Waals surface area (Å²) in [4.78, 5) is -0.114. The first-order valence-corrected chi connectivity index (χ1v) is 8.90. The van der Waals surface area contributed by atoms with Crippen molar-refractivity contribution in [3.63, 3.8) is 0 Å². The molecule has 0 aliphatic rings. The van der Waals surface area contributed by atoms with Crippen LogP contribution in [-0.4, -0.2) is 18.2 Å². The standard InChI is InChI=1S/C13H14Cl3N3O2S/c1-7(9-6-17-19(3)8(9)2)18-22(20,21)13-5-11(15)10(14)4-12(13)16/h4-7,18H,1-3H3. The molecule has 0 radical (unpaired) electrons. The van der Waals surface area contributed by atoms with Crippen LogP contribution in [0.5, 0.6) is 0 Å². The average Bonchev–Trinajstić information content (AvgIpc) is 2.73. The van der Waals surface area contributed by atoms with Crippen LogP contribution in [0.1, 0.15) is 24.2 Å². The summed E-state index contributed by atoms with van der Waals surface area (Å²) in [5.41, 5.74) is 1.65. The van der Waals surface area contributed by atoms with Crippen LogP contribution in [0.15, 0.2) is 23.2 Å². The van der Waals surface area contributed by atoms with Crippen molar-refractivity contribution in [2.45, 2.75) is 24.8 Å². The first-order valence-electron chi connectivity index (χ1n) is 6.29. The maximum absolute atomic E-state index is 12.5. The SMILES string of the molecule is Cc1c(C(C)NS(=O)(=O)c2cc(Cl)c(Cl)cc2Cl)cnn1C. The van der Waals surface area contributed by atoms with Crippen molar-refractivity contribution in [2.75, 3.05) is 0 Å². The monoisotopic (exact) mass is 381 g/mol. The van der Waals surface area contributed by atoms with Crippen LogP contribution in [0.3, 0.4) is 0 Å². The van der Waals surface area contributed by atoms with E-state index in [9.17, 15) is 8.42 Å². The lowest BCUT2D eigenvalue weighted by atomic mass is 10.1. The van der Waals surface area contributed by atoms with Gasteiger partial charge in [-0.05, 0) is 26.0 Å². The Balaban J connectivity index is 2.36. The molecule has 1 heterocycles. The normalized spacial score (nSPS) is 13.4. The highest BCUT2D eigenvalue weighted by atomic mass is 35.5. The molecule has 0 fully saturated rings. The summed E-state index contributed by atoms with van der Waals surface area (Å²) in [5.74, 6) is 0. The van der Waals surface area contributed by atoms with Crippen LogP contribution >= 0.6 is 34.8 Å². The lowest BCUT2D eigenvalue weighted by Crippen LogP contribution is -2.27. The number of hydrogen-bond donors (Lipinski definition) is 1. The van der Waals surface area contributed by atoms with Gasteiger partial charge in [0.15, 0.2) is 0 Å².